The van der Waals surface area contributed by atoms with Crippen molar-refractivity contribution in [3.05, 3.63) is 90.6 Å². The van der Waals surface area contributed by atoms with Crippen LogP contribution in [0.4, 0.5) is 0 Å². The SMILES string of the molecule is Cc1ccc2c(-c3ccc4c5c3ccc3ccc6cccc-4c6c35)cccc2n1. The lowest BCUT2D eigenvalue weighted by atomic mass is 9.92. The highest BCUT2D eigenvalue weighted by molar-refractivity contribution is 6.34. The summed E-state index contributed by atoms with van der Waals surface area (Å²) in [6.07, 6.45) is 0. The smallest absolute Gasteiger partial charge is 0.0711 e. The van der Waals surface area contributed by atoms with Crippen LogP contribution in [0.1, 0.15) is 5.69 Å². The van der Waals surface area contributed by atoms with Crippen molar-refractivity contribution in [2.75, 3.05) is 0 Å². The molecular formula is C28H17N. The molecule has 134 valence electrons. The van der Waals surface area contributed by atoms with Crippen molar-refractivity contribution >= 4 is 43.2 Å². The zero-order valence-electron chi connectivity index (χ0n) is 16.0. The average Bonchev–Trinajstić information content (AvgIpc) is 3.10. The van der Waals surface area contributed by atoms with E-state index in [0.29, 0.717) is 0 Å². The first-order valence-electron chi connectivity index (χ1n) is 10.1. The number of nitrogens with zero attached hydrogens (tertiary/aromatic N) is 1. The van der Waals surface area contributed by atoms with E-state index in [9.17, 15) is 0 Å². The van der Waals surface area contributed by atoms with Crippen LogP contribution in [0.5, 0.6) is 0 Å². The van der Waals surface area contributed by atoms with Crippen LogP contribution in [0, 0.1) is 6.92 Å². The van der Waals surface area contributed by atoms with E-state index in [1.807, 2.05) is 6.92 Å². The zero-order valence-corrected chi connectivity index (χ0v) is 16.0. The van der Waals surface area contributed by atoms with Crippen molar-refractivity contribution in [3.8, 4) is 22.3 Å². The van der Waals surface area contributed by atoms with Gasteiger partial charge in [0.15, 0.2) is 0 Å². The number of rotatable bonds is 1. The minimum Gasteiger partial charge on any atom is -0.253 e. The van der Waals surface area contributed by atoms with E-state index in [4.69, 9.17) is 4.98 Å². The first-order chi connectivity index (χ1) is 14.3. The summed E-state index contributed by atoms with van der Waals surface area (Å²) in [5.74, 6) is 0. The third-order valence-corrected chi connectivity index (χ3v) is 6.45. The van der Waals surface area contributed by atoms with Crippen molar-refractivity contribution in [1.29, 1.82) is 0 Å². The van der Waals surface area contributed by atoms with E-state index >= 15 is 0 Å². The van der Waals surface area contributed by atoms with Crippen LogP contribution in [-0.2, 0) is 0 Å². The van der Waals surface area contributed by atoms with Crippen molar-refractivity contribution in [2.24, 2.45) is 0 Å². The predicted octanol–water partition coefficient (Wildman–Crippen LogP) is 7.65. The summed E-state index contributed by atoms with van der Waals surface area (Å²) in [5, 5.41) is 9.38. The van der Waals surface area contributed by atoms with Gasteiger partial charge in [-0.05, 0) is 73.6 Å². The Morgan fingerprint density at radius 3 is 2.07 bits per heavy atom. The van der Waals surface area contributed by atoms with Gasteiger partial charge >= 0.3 is 0 Å². The molecule has 0 aliphatic heterocycles. The van der Waals surface area contributed by atoms with Crippen LogP contribution in [0.25, 0.3) is 65.5 Å². The summed E-state index contributed by atoms with van der Waals surface area (Å²) in [5.41, 5.74) is 7.37. The summed E-state index contributed by atoms with van der Waals surface area (Å²) >= 11 is 0. The van der Waals surface area contributed by atoms with Gasteiger partial charge in [0.2, 0.25) is 0 Å². The zero-order chi connectivity index (χ0) is 19.1. The largest absolute Gasteiger partial charge is 0.253 e. The Labute approximate surface area is 168 Å². The van der Waals surface area contributed by atoms with Gasteiger partial charge in [-0.2, -0.15) is 0 Å². The third kappa shape index (κ3) is 1.87. The highest BCUT2D eigenvalue weighted by atomic mass is 14.7. The monoisotopic (exact) mass is 367 g/mol. The second-order valence-electron chi connectivity index (χ2n) is 8.04. The normalized spacial score (nSPS) is 12.3. The molecule has 1 aliphatic carbocycles. The molecule has 1 heteroatoms. The van der Waals surface area contributed by atoms with E-state index in [1.54, 1.807) is 0 Å². The Hall–Kier alpha value is -3.71. The van der Waals surface area contributed by atoms with Gasteiger partial charge in [0.1, 0.15) is 0 Å². The topological polar surface area (TPSA) is 12.9 Å². The lowest BCUT2D eigenvalue weighted by Crippen LogP contribution is -1.88. The molecule has 6 aromatic rings. The van der Waals surface area contributed by atoms with Gasteiger partial charge < -0.3 is 0 Å². The number of pyridine rings is 1. The molecule has 0 saturated heterocycles. The fourth-order valence-electron chi connectivity index (χ4n) is 5.21. The summed E-state index contributed by atoms with van der Waals surface area (Å²) in [7, 11) is 0. The van der Waals surface area contributed by atoms with Crippen LogP contribution < -0.4 is 0 Å². The summed E-state index contributed by atoms with van der Waals surface area (Å²) in [6, 6.07) is 31.1. The van der Waals surface area contributed by atoms with Crippen molar-refractivity contribution in [2.45, 2.75) is 6.92 Å². The minimum absolute atomic E-state index is 1.05. The molecule has 0 N–H and O–H groups in total. The Bertz CT molecular complexity index is 1660. The fourth-order valence-corrected chi connectivity index (χ4v) is 5.21. The Morgan fingerprint density at radius 2 is 1.14 bits per heavy atom. The van der Waals surface area contributed by atoms with E-state index in [-0.39, 0.29) is 0 Å². The molecule has 0 unspecified atom stereocenters. The second kappa shape index (κ2) is 5.21. The number of aryl methyl sites for hydroxylation is 1. The summed E-state index contributed by atoms with van der Waals surface area (Å²) in [6.45, 7) is 2.05. The molecule has 0 amide bonds. The molecule has 0 fully saturated rings. The quantitative estimate of drug-likeness (QED) is 0.272. The van der Waals surface area contributed by atoms with E-state index in [1.165, 1.54) is 60.0 Å². The van der Waals surface area contributed by atoms with Gasteiger partial charge in [0.25, 0.3) is 0 Å². The molecule has 0 spiro atoms. The molecule has 1 heterocycles. The van der Waals surface area contributed by atoms with Gasteiger partial charge in [0.05, 0.1) is 5.52 Å². The molecule has 1 nitrogen and oxygen atoms in total. The molecule has 0 bridgehead atoms. The molecule has 0 atom stereocenters. The van der Waals surface area contributed by atoms with Crippen LogP contribution >= 0.6 is 0 Å². The van der Waals surface area contributed by atoms with Crippen molar-refractivity contribution in [3.63, 3.8) is 0 Å². The lowest BCUT2D eigenvalue weighted by molar-refractivity contribution is 1.26. The van der Waals surface area contributed by atoms with Gasteiger partial charge in [-0.15, -0.1) is 0 Å². The minimum atomic E-state index is 1.05. The maximum absolute atomic E-state index is 4.75. The van der Waals surface area contributed by atoms with Crippen molar-refractivity contribution in [1.82, 2.24) is 4.98 Å². The maximum atomic E-state index is 4.75. The van der Waals surface area contributed by atoms with E-state index in [0.717, 1.165) is 11.2 Å². The Kier molecular flexibility index (Phi) is 2.74. The standard InChI is InChI=1S/C28H17N/c1-16-8-12-21-19(5-3-7-25(21)29-16)20-14-15-24-22-6-2-4-17-9-10-18-11-13-23(20)28(24)27(18)26(17)22/h2-15H,1H3. The van der Waals surface area contributed by atoms with Crippen LogP contribution in [0.3, 0.4) is 0 Å². The molecule has 1 aliphatic rings. The van der Waals surface area contributed by atoms with Gasteiger partial charge in [-0.1, -0.05) is 72.8 Å². The van der Waals surface area contributed by atoms with E-state index in [2.05, 4.69) is 84.9 Å². The van der Waals surface area contributed by atoms with Crippen LogP contribution in [0.2, 0.25) is 0 Å². The Morgan fingerprint density at radius 1 is 0.483 bits per heavy atom. The molecule has 5 aromatic carbocycles. The van der Waals surface area contributed by atoms with Gasteiger partial charge in [0, 0.05) is 11.1 Å². The molecule has 0 saturated carbocycles. The van der Waals surface area contributed by atoms with Gasteiger partial charge in [-0.25, -0.2) is 0 Å². The Balaban J connectivity index is 1.67. The molecule has 0 radical (unpaired) electrons. The first-order valence-corrected chi connectivity index (χ1v) is 10.1. The molecule has 1 aromatic heterocycles. The highest BCUT2D eigenvalue weighted by Crippen LogP contribution is 2.49. The number of fused-ring (bicyclic) bond motifs is 2. The van der Waals surface area contributed by atoms with Crippen LogP contribution in [-0.4, -0.2) is 4.98 Å². The molecular weight excluding hydrogens is 350 g/mol. The number of benzene rings is 5. The van der Waals surface area contributed by atoms with E-state index < -0.39 is 0 Å². The third-order valence-electron chi connectivity index (χ3n) is 6.45. The maximum Gasteiger partial charge on any atom is 0.0711 e. The number of hydrogen-bond donors (Lipinski definition) is 0. The number of hydrogen-bond acceptors (Lipinski definition) is 1. The first kappa shape index (κ1) is 15.2. The van der Waals surface area contributed by atoms with Crippen molar-refractivity contribution < 1.29 is 0 Å². The van der Waals surface area contributed by atoms with Gasteiger partial charge in [-0.3, -0.25) is 4.98 Å². The lowest BCUT2D eigenvalue weighted by Gasteiger charge is -2.12. The fraction of sp³-hybridized carbons (Fsp3) is 0.0357. The summed E-state index contributed by atoms with van der Waals surface area (Å²) in [4.78, 5) is 4.75. The average molecular weight is 367 g/mol. The summed E-state index contributed by atoms with van der Waals surface area (Å²) < 4.78 is 0. The predicted molar refractivity (Wildman–Crippen MR) is 123 cm³/mol. The molecule has 29 heavy (non-hydrogen) atoms. The highest BCUT2D eigenvalue weighted by Gasteiger charge is 2.22. The second-order valence-corrected chi connectivity index (χ2v) is 8.04. The number of aromatic nitrogens is 1. The molecule has 7 rings (SSSR count). The van der Waals surface area contributed by atoms with Crippen LogP contribution in [0.15, 0.2) is 84.9 Å².